The minimum Gasteiger partial charge on any atom is -0.478 e. The maximum Gasteiger partial charge on any atom is 0.451 e. The first-order chi connectivity index (χ1) is 7.93. The topological polar surface area (TPSA) is 61.0 Å². The molecule has 17 heavy (non-hydrogen) atoms. The largest absolute Gasteiger partial charge is 0.478 e. The van der Waals surface area contributed by atoms with Gasteiger partial charge in [0.05, 0.1) is 6.61 Å². The zero-order valence-corrected chi connectivity index (χ0v) is 9.00. The van der Waals surface area contributed by atoms with E-state index in [1.54, 1.807) is 6.08 Å². The van der Waals surface area contributed by atoms with E-state index in [1.165, 1.54) is 0 Å². The maximum absolute atomic E-state index is 12.3. The molecule has 0 radical (unpaired) electrons. The molecular formula is C10H12F3N3O. The number of aromatic nitrogens is 2. The number of anilines is 1. The van der Waals surface area contributed by atoms with E-state index in [1.807, 2.05) is 0 Å². The first kappa shape index (κ1) is 13.3. The summed E-state index contributed by atoms with van der Waals surface area (Å²) in [5.74, 6) is -1.74. The van der Waals surface area contributed by atoms with Crippen LogP contribution in [0.2, 0.25) is 0 Å². The molecule has 1 aromatic rings. The molecule has 7 heteroatoms. The van der Waals surface area contributed by atoms with Crippen LogP contribution in [0.15, 0.2) is 18.7 Å². The monoisotopic (exact) mass is 247 g/mol. The first-order valence-electron chi connectivity index (χ1n) is 4.89. The lowest BCUT2D eigenvalue weighted by atomic mass is 10.3. The lowest BCUT2D eigenvalue weighted by Gasteiger charge is -2.09. The van der Waals surface area contributed by atoms with Crippen LogP contribution in [-0.2, 0) is 6.18 Å². The van der Waals surface area contributed by atoms with Crippen molar-refractivity contribution in [1.29, 1.82) is 0 Å². The Hall–Kier alpha value is -1.79. The Kier molecular flexibility index (Phi) is 4.30. The van der Waals surface area contributed by atoms with Crippen LogP contribution in [0.4, 0.5) is 19.0 Å². The summed E-state index contributed by atoms with van der Waals surface area (Å²) >= 11 is 0. The molecule has 1 aromatic heterocycles. The van der Waals surface area contributed by atoms with Gasteiger partial charge in [0.1, 0.15) is 5.82 Å². The molecule has 0 aliphatic carbocycles. The van der Waals surface area contributed by atoms with Gasteiger partial charge in [0.2, 0.25) is 11.7 Å². The number of ether oxygens (including phenoxy) is 1. The van der Waals surface area contributed by atoms with E-state index < -0.39 is 12.0 Å². The Balaban J connectivity index is 2.72. The number of rotatable bonds is 5. The molecule has 0 aliphatic rings. The van der Waals surface area contributed by atoms with Crippen LogP contribution in [0.25, 0.3) is 0 Å². The van der Waals surface area contributed by atoms with E-state index in [0.717, 1.165) is 6.07 Å². The zero-order valence-electron chi connectivity index (χ0n) is 9.00. The predicted octanol–water partition coefficient (Wildman–Crippen LogP) is 2.42. The van der Waals surface area contributed by atoms with E-state index in [-0.39, 0.29) is 18.3 Å². The van der Waals surface area contributed by atoms with Crippen LogP contribution in [0.3, 0.4) is 0 Å². The predicted molar refractivity (Wildman–Crippen MR) is 56.4 cm³/mol. The molecule has 0 unspecified atom stereocenters. The van der Waals surface area contributed by atoms with Gasteiger partial charge in [0.15, 0.2) is 0 Å². The van der Waals surface area contributed by atoms with E-state index in [4.69, 9.17) is 10.5 Å². The van der Waals surface area contributed by atoms with Gasteiger partial charge in [0, 0.05) is 6.07 Å². The molecule has 0 saturated heterocycles. The third kappa shape index (κ3) is 4.29. The quantitative estimate of drug-likeness (QED) is 0.641. The molecule has 0 amide bonds. The lowest BCUT2D eigenvalue weighted by Crippen LogP contribution is -2.13. The molecule has 1 rings (SSSR count). The van der Waals surface area contributed by atoms with Crippen molar-refractivity contribution < 1.29 is 17.9 Å². The molecule has 2 N–H and O–H groups in total. The number of nitrogens with two attached hydrogens (primary N) is 1. The van der Waals surface area contributed by atoms with Gasteiger partial charge in [-0.3, -0.25) is 0 Å². The van der Waals surface area contributed by atoms with E-state index in [2.05, 4.69) is 16.5 Å². The highest BCUT2D eigenvalue weighted by Gasteiger charge is 2.35. The minimum absolute atomic E-state index is 0.172. The minimum atomic E-state index is -4.63. The molecule has 0 aliphatic heterocycles. The first-order valence-corrected chi connectivity index (χ1v) is 4.89. The highest BCUT2D eigenvalue weighted by atomic mass is 19.4. The lowest BCUT2D eigenvalue weighted by molar-refractivity contribution is -0.145. The number of hydrogen-bond donors (Lipinski definition) is 1. The summed E-state index contributed by atoms with van der Waals surface area (Å²) in [7, 11) is 0. The molecule has 4 nitrogen and oxygen atoms in total. The van der Waals surface area contributed by atoms with Crippen molar-refractivity contribution in [3.63, 3.8) is 0 Å². The molecular weight excluding hydrogens is 235 g/mol. The summed E-state index contributed by atoms with van der Waals surface area (Å²) in [5, 5.41) is 0. The second kappa shape index (κ2) is 5.51. The molecule has 94 valence electrons. The van der Waals surface area contributed by atoms with Gasteiger partial charge in [0.25, 0.3) is 0 Å². The highest BCUT2D eigenvalue weighted by molar-refractivity contribution is 5.33. The van der Waals surface area contributed by atoms with Crippen molar-refractivity contribution in [2.24, 2.45) is 0 Å². The Morgan fingerprint density at radius 3 is 2.71 bits per heavy atom. The molecule has 0 fully saturated rings. The molecule has 0 bridgehead atoms. The van der Waals surface area contributed by atoms with E-state index in [9.17, 15) is 13.2 Å². The van der Waals surface area contributed by atoms with E-state index in [0.29, 0.717) is 12.8 Å². The fraction of sp³-hybridized carbons (Fsp3) is 0.400. The fourth-order valence-corrected chi connectivity index (χ4v) is 1.05. The maximum atomic E-state index is 12.3. The second-order valence-corrected chi connectivity index (χ2v) is 3.23. The zero-order chi connectivity index (χ0) is 12.9. The van der Waals surface area contributed by atoms with Crippen LogP contribution in [0, 0.1) is 0 Å². The average molecular weight is 247 g/mol. The SMILES string of the molecule is C=CCCCOc1cc(N)nc(C(F)(F)F)n1. The highest BCUT2D eigenvalue weighted by Crippen LogP contribution is 2.28. The third-order valence-electron chi connectivity index (χ3n) is 1.78. The standard InChI is InChI=1S/C10H12F3N3O/c1-2-3-4-5-17-8-6-7(14)15-9(16-8)10(11,12)13/h2,6H,1,3-5H2,(H2,14,15,16). The van der Waals surface area contributed by atoms with Gasteiger partial charge >= 0.3 is 6.18 Å². The van der Waals surface area contributed by atoms with Gasteiger partial charge in [-0.15, -0.1) is 6.58 Å². The van der Waals surface area contributed by atoms with Crippen molar-refractivity contribution in [1.82, 2.24) is 9.97 Å². The Labute approximate surface area is 96.3 Å². The summed E-state index contributed by atoms with van der Waals surface area (Å²) in [6.45, 7) is 3.77. The number of halogens is 3. The number of nitrogens with zero attached hydrogens (tertiary/aromatic N) is 2. The Morgan fingerprint density at radius 1 is 1.41 bits per heavy atom. The number of allylic oxidation sites excluding steroid dienone is 1. The molecule has 0 aromatic carbocycles. The third-order valence-corrected chi connectivity index (χ3v) is 1.78. The van der Waals surface area contributed by atoms with Crippen LogP contribution < -0.4 is 10.5 Å². The fourth-order valence-electron chi connectivity index (χ4n) is 1.05. The number of alkyl halides is 3. The summed E-state index contributed by atoms with van der Waals surface area (Å²) in [6, 6.07) is 1.16. The van der Waals surface area contributed by atoms with Gasteiger partial charge in [-0.1, -0.05) is 6.08 Å². The van der Waals surface area contributed by atoms with Crippen LogP contribution in [0.1, 0.15) is 18.7 Å². The van der Waals surface area contributed by atoms with Gasteiger partial charge < -0.3 is 10.5 Å². The second-order valence-electron chi connectivity index (χ2n) is 3.23. The smallest absolute Gasteiger partial charge is 0.451 e. The normalized spacial score (nSPS) is 11.2. The summed E-state index contributed by atoms with van der Waals surface area (Å²) in [6.07, 6.45) is -1.57. The van der Waals surface area contributed by atoms with Crippen molar-refractivity contribution in [3.8, 4) is 5.88 Å². The van der Waals surface area contributed by atoms with Gasteiger partial charge in [-0.25, -0.2) is 4.98 Å². The Morgan fingerprint density at radius 2 is 2.12 bits per heavy atom. The summed E-state index contributed by atoms with van der Waals surface area (Å²) in [5.41, 5.74) is 5.24. The summed E-state index contributed by atoms with van der Waals surface area (Å²) < 4.78 is 42.1. The number of nitrogen functional groups attached to an aromatic ring is 1. The summed E-state index contributed by atoms with van der Waals surface area (Å²) in [4.78, 5) is 6.33. The van der Waals surface area contributed by atoms with Crippen molar-refractivity contribution in [2.75, 3.05) is 12.3 Å². The van der Waals surface area contributed by atoms with Crippen molar-refractivity contribution >= 4 is 5.82 Å². The molecule has 0 spiro atoms. The number of hydrogen-bond acceptors (Lipinski definition) is 4. The average Bonchev–Trinajstić information content (AvgIpc) is 2.22. The van der Waals surface area contributed by atoms with Gasteiger partial charge in [-0.05, 0) is 12.8 Å². The number of unbranched alkanes of at least 4 members (excludes halogenated alkanes) is 1. The van der Waals surface area contributed by atoms with Crippen molar-refractivity contribution in [3.05, 3.63) is 24.5 Å². The van der Waals surface area contributed by atoms with Crippen LogP contribution in [-0.4, -0.2) is 16.6 Å². The van der Waals surface area contributed by atoms with Crippen LogP contribution >= 0.6 is 0 Å². The van der Waals surface area contributed by atoms with Crippen LogP contribution in [0.5, 0.6) is 5.88 Å². The molecule has 0 atom stereocenters. The van der Waals surface area contributed by atoms with Crippen molar-refractivity contribution in [2.45, 2.75) is 19.0 Å². The molecule has 0 saturated carbocycles. The van der Waals surface area contributed by atoms with E-state index >= 15 is 0 Å². The Bertz CT molecular complexity index is 393. The molecule has 1 heterocycles. The van der Waals surface area contributed by atoms with Gasteiger partial charge in [-0.2, -0.15) is 18.2 Å².